The highest BCUT2D eigenvalue weighted by atomic mass is 19.1. The van der Waals surface area contributed by atoms with Crippen LogP contribution in [0.4, 0.5) is 10.1 Å². The molecule has 2 fully saturated rings. The quantitative estimate of drug-likeness (QED) is 0.927. The topological polar surface area (TPSA) is 38.5 Å². The summed E-state index contributed by atoms with van der Waals surface area (Å²) in [6, 6.07) is 5.16. The van der Waals surface area contributed by atoms with E-state index in [1.807, 2.05) is 0 Å². The summed E-state index contributed by atoms with van der Waals surface area (Å²) in [5, 5.41) is 0. The highest BCUT2D eigenvalue weighted by Gasteiger charge is 2.22. The van der Waals surface area contributed by atoms with Crippen LogP contribution in [0.2, 0.25) is 0 Å². The first kappa shape index (κ1) is 14.6. The number of rotatable bonds is 3. The van der Waals surface area contributed by atoms with Gasteiger partial charge in [-0.1, -0.05) is 6.42 Å². The molecule has 1 saturated heterocycles. The predicted molar refractivity (Wildman–Crippen MR) is 83.3 cm³/mol. The first-order valence-electron chi connectivity index (χ1n) is 8.19. The third-order valence-electron chi connectivity index (χ3n) is 4.65. The first-order chi connectivity index (χ1) is 10.2. The van der Waals surface area contributed by atoms with E-state index < -0.39 is 0 Å². The van der Waals surface area contributed by atoms with Gasteiger partial charge >= 0.3 is 0 Å². The van der Waals surface area contributed by atoms with Crippen molar-refractivity contribution in [3.05, 3.63) is 24.0 Å². The third-order valence-corrected chi connectivity index (χ3v) is 4.65. The van der Waals surface area contributed by atoms with Crippen molar-refractivity contribution in [1.29, 1.82) is 0 Å². The van der Waals surface area contributed by atoms with Gasteiger partial charge in [-0.25, -0.2) is 4.39 Å². The number of halogens is 1. The molecule has 0 atom stereocenters. The zero-order chi connectivity index (χ0) is 14.7. The molecule has 0 bridgehead atoms. The van der Waals surface area contributed by atoms with Crippen LogP contribution >= 0.6 is 0 Å². The molecule has 0 aromatic heterocycles. The van der Waals surface area contributed by atoms with Crippen molar-refractivity contribution < 1.29 is 9.13 Å². The van der Waals surface area contributed by atoms with Crippen molar-refractivity contribution in [2.75, 3.05) is 18.0 Å². The first-order valence-corrected chi connectivity index (χ1v) is 8.19. The summed E-state index contributed by atoms with van der Waals surface area (Å²) in [4.78, 5) is 2.21. The van der Waals surface area contributed by atoms with E-state index in [1.54, 1.807) is 12.1 Å². The van der Waals surface area contributed by atoms with E-state index >= 15 is 0 Å². The minimum Gasteiger partial charge on any atom is -0.488 e. The molecule has 1 aliphatic carbocycles. The molecule has 0 amide bonds. The maximum Gasteiger partial charge on any atom is 0.143 e. The Bertz CT molecular complexity index is 466. The molecule has 116 valence electrons. The van der Waals surface area contributed by atoms with Gasteiger partial charge in [0.15, 0.2) is 0 Å². The highest BCUT2D eigenvalue weighted by molar-refractivity contribution is 5.59. The average Bonchev–Trinajstić information content (AvgIpc) is 2.51. The molecule has 2 N–H and O–H groups in total. The molecule has 0 spiro atoms. The molecular weight excluding hydrogens is 267 g/mol. The molecule has 21 heavy (non-hydrogen) atoms. The number of ether oxygens (including phenoxy) is 1. The van der Waals surface area contributed by atoms with Gasteiger partial charge in [0.1, 0.15) is 11.6 Å². The fourth-order valence-electron chi connectivity index (χ4n) is 3.34. The van der Waals surface area contributed by atoms with Crippen LogP contribution in [0.25, 0.3) is 0 Å². The van der Waals surface area contributed by atoms with Gasteiger partial charge in [0.2, 0.25) is 0 Å². The van der Waals surface area contributed by atoms with E-state index in [0.717, 1.165) is 50.2 Å². The molecule has 1 aliphatic heterocycles. The Morgan fingerprint density at radius 1 is 1.05 bits per heavy atom. The second kappa shape index (κ2) is 6.65. The maximum atomic E-state index is 13.7. The third kappa shape index (κ3) is 3.67. The van der Waals surface area contributed by atoms with E-state index in [2.05, 4.69) is 4.90 Å². The van der Waals surface area contributed by atoms with E-state index in [4.69, 9.17) is 10.5 Å². The molecule has 1 aromatic rings. The number of nitrogens with zero attached hydrogens (tertiary/aromatic N) is 1. The van der Waals surface area contributed by atoms with Gasteiger partial charge in [-0.15, -0.1) is 0 Å². The number of anilines is 1. The molecule has 3 rings (SSSR count). The van der Waals surface area contributed by atoms with Gasteiger partial charge in [-0.3, -0.25) is 0 Å². The smallest absolute Gasteiger partial charge is 0.143 e. The lowest BCUT2D eigenvalue weighted by Gasteiger charge is -2.34. The van der Waals surface area contributed by atoms with E-state index in [0.29, 0.717) is 0 Å². The Hall–Kier alpha value is -1.29. The zero-order valence-corrected chi connectivity index (χ0v) is 12.6. The average molecular weight is 292 g/mol. The molecule has 4 heteroatoms. The van der Waals surface area contributed by atoms with Gasteiger partial charge in [-0.2, -0.15) is 0 Å². The Morgan fingerprint density at radius 3 is 2.48 bits per heavy atom. The molecular formula is C17H25FN2O. The minimum absolute atomic E-state index is 0.198. The van der Waals surface area contributed by atoms with Crippen LogP contribution in [0, 0.1) is 5.82 Å². The Balaban J connectivity index is 1.76. The van der Waals surface area contributed by atoms with Crippen LogP contribution in [-0.2, 0) is 0 Å². The van der Waals surface area contributed by atoms with Gasteiger partial charge in [0.05, 0.1) is 11.8 Å². The van der Waals surface area contributed by atoms with Crippen LogP contribution in [-0.4, -0.2) is 25.2 Å². The summed E-state index contributed by atoms with van der Waals surface area (Å²) in [5.41, 5.74) is 6.86. The standard InChI is InChI=1S/C17H25FN2O/c18-13-6-7-17(21-15-4-2-1-3-5-15)16(12-13)20-10-8-14(19)9-11-20/h6-7,12,14-15H,1-5,8-11,19H2. The van der Waals surface area contributed by atoms with E-state index in [-0.39, 0.29) is 18.0 Å². The van der Waals surface area contributed by atoms with E-state index in [9.17, 15) is 4.39 Å². The Kier molecular flexibility index (Phi) is 4.63. The number of hydrogen-bond donors (Lipinski definition) is 1. The SMILES string of the molecule is NC1CCN(c2cc(F)ccc2OC2CCCCC2)CC1. The monoisotopic (exact) mass is 292 g/mol. The molecule has 0 radical (unpaired) electrons. The summed E-state index contributed by atoms with van der Waals surface area (Å²) in [5.74, 6) is 0.634. The molecule has 1 aromatic carbocycles. The predicted octanol–water partition coefficient (Wildman–Crippen LogP) is 3.46. The molecule has 0 unspecified atom stereocenters. The Morgan fingerprint density at radius 2 is 1.76 bits per heavy atom. The van der Waals surface area contributed by atoms with Crippen LogP contribution < -0.4 is 15.4 Å². The number of hydrogen-bond acceptors (Lipinski definition) is 3. The molecule has 1 heterocycles. The summed E-state index contributed by atoms with van der Waals surface area (Å²) in [6.45, 7) is 1.76. The summed E-state index contributed by atoms with van der Waals surface area (Å²) >= 11 is 0. The van der Waals surface area contributed by atoms with Gasteiger partial charge in [-0.05, 0) is 50.7 Å². The maximum absolute atomic E-state index is 13.7. The fraction of sp³-hybridized carbons (Fsp3) is 0.647. The lowest BCUT2D eigenvalue weighted by molar-refractivity contribution is 0.155. The molecule has 3 nitrogen and oxygen atoms in total. The van der Waals surface area contributed by atoms with Crippen molar-refractivity contribution in [1.82, 2.24) is 0 Å². The van der Waals surface area contributed by atoms with Crippen LogP contribution in [0.1, 0.15) is 44.9 Å². The van der Waals surface area contributed by atoms with Crippen LogP contribution in [0.15, 0.2) is 18.2 Å². The van der Waals surface area contributed by atoms with Crippen molar-refractivity contribution in [3.8, 4) is 5.75 Å². The van der Waals surface area contributed by atoms with Crippen LogP contribution in [0.3, 0.4) is 0 Å². The summed E-state index contributed by atoms with van der Waals surface area (Å²) < 4.78 is 19.8. The van der Waals surface area contributed by atoms with E-state index in [1.165, 1.54) is 25.3 Å². The molecule has 1 saturated carbocycles. The summed E-state index contributed by atoms with van der Waals surface area (Å²) in [6.07, 6.45) is 8.21. The van der Waals surface area contributed by atoms with Gasteiger partial charge < -0.3 is 15.4 Å². The number of nitrogens with two attached hydrogens (primary N) is 1. The van der Waals surface area contributed by atoms with Crippen molar-refractivity contribution in [2.45, 2.75) is 57.1 Å². The van der Waals surface area contributed by atoms with Crippen molar-refractivity contribution >= 4 is 5.69 Å². The van der Waals surface area contributed by atoms with Crippen molar-refractivity contribution in [2.24, 2.45) is 5.73 Å². The molecule has 2 aliphatic rings. The fourth-order valence-corrected chi connectivity index (χ4v) is 3.34. The zero-order valence-electron chi connectivity index (χ0n) is 12.6. The largest absolute Gasteiger partial charge is 0.488 e. The highest BCUT2D eigenvalue weighted by Crippen LogP contribution is 2.34. The normalized spacial score (nSPS) is 21.5. The second-order valence-electron chi connectivity index (χ2n) is 6.31. The number of piperidine rings is 1. The lowest BCUT2D eigenvalue weighted by Crippen LogP contribution is -2.40. The summed E-state index contributed by atoms with van der Waals surface area (Å²) in [7, 11) is 0. The minimum atomic E-state index is -0.198. The van der Waals surface area contributed by atoms with Gasteiger partial charge in [0.25, 0.3) is 0 Å². The van der Waals surface area contributed by atoms with Gasteiger partial charge in [0, 0.05) is 25.2 Å². The second-order valence-corrected chi connectivity index (χ2v) is 6.31. The lowest BCUT2D eigenvalue weighted by atomic mass is 9.98. The van der Waals surface area contributed by atoms with Crippen molar-refractivity contribution in [3.63, 3.8) is 0 Å². The number of benzene rings is 1. The van der Waals surface area contributed by atoms with Crippen LogP contribution in [0.5, 0.6) is 5.75 Å². The Labute approximate surface area is 126 Å².